The van der Waals surface area contributed by atoms with Crippen LogP contribution in [-0.4, -0.2) is 39.4 Å². The molecule has 1 saturated heterocycles. The van der Waals surface area contributed by atoms with Crippen molar-refractivity contribution >= 4 is 35.1 Å². The molecule has 1 aromatic heterocycles. The third-order valence-corrected chi connectivity index (χ3v) is 5.00. The largest absolute Gasteiger partial charge is 0.336 e. The van der Waals surface area contributed by atoms with E-state index >= 15 is 0 Å². The standard InChI is InChI=1S/C13H19ClN4OS/c1-13(2)5-6-18(7-8-20-13)12(19)11-9(14)3-4-10(16-11)17-15/h3-4H,5-8,15H2,1-2H3,(H,16,17). The van der Waals surface area contributed by atoms with Crippen molar-refractivity contribution in [2.45, 2.75) is 25.0 Å². The Morgan fingerprint density at radius 1 is 1.50 bits per heavy atom. The maximum absolute atomic E-state index is 12.6. The second-order valence-electron chi connectivity index (χ2n) is 5.32. The molecule has 0 aliphatic carbocycles. The van der Waals surface area contributed by atoms with Crippen LogP contribution in [0.1, 0.15) is 30.8 Å². The van der Waals surface area contributed by atoms with E-state index in [-0.39, 0.29) is 16.3 Å². The Morgan fingerprint density at radius 3 is 2.95 bits per heavy atom. The fourth-order valence-corrected chi connectivity index (χ4v) is 3.33. The Kier molecular flexibility index (Phi) is 4.78. The highest BCUT2D eigenvalue weighted by atomic mass is 35.5. The predicted molar refractivity (Wildman–Crippen MR) is 84.1 cm³/mol. The van der Waals surface area contributed by atoms with Gasteiger partial charge in [0.1, 0.15) is 11.5 Å². The summed E-state index contributed by atoms with van der Waals surface area (Å²) < 4.78 is 0.201. The molecule has 0 spiro atoms. The Hall–Kier alpha value is -0.980. The number of hydrogen-bond donors (Lipinski definition) is 2. The highest BCUT2D eigenvalue weighted by molar-refractivity contribution is 8.00. The van der Waals surface area contributed by atoms with Crippen molar-refractivity contribution in [3.8, 4) is 0 Å². The van der Waals surface area contributed by atoms with Crippen LogP contribution in [0.3, 0.4) is 0 Å². The zero-order valence-electron chi connectivity index (χ0n) is 11.6. The Bertz CT molecular complexity index is 509. The number of hydrogen-bond acceptors (Lipinski definition) is 5. The SMILES string of the molecule is CC1(C)CCN(C(=O)c2nc(NN)ccc2Cl)CCS1. The van der Waals surface area contributed by atoms with Crippen molar-refractivity contribution in [3.63, 3.8) is 0 Å². The zero-order valence-corrected chi connectivity index (χ0v) is 13.2. The molecular formula is C13H19ClN4OS. The van der Waals surface area contributed by atoms with Crippen LogP contribution in [0.15, 0.2) is 12.1 Å². The number of halogens is 1. The van der Waals surface area contributed by atoms with Gasteiger partial charge in [0, 0.05) is 23.6 Å². The molecule has 1 aliphatic heterocycles. The van der Waals surface area contributed by atoms with Crippen molar-refractivity contribution in [2.24, 2.45) is 5.84 Å². The monoisotopic (exact) mass is 314 g/mol. The molecule has 0 radical (unpaired) electrons. The zero-order chi connectivity index (χ0) is 14.8. The second kappa shape index (κ2) is 6.20. The van der Waals surface area contributed by atoms with Crippen LogP contribution in [0.5, 0.6) is 0 Å². The van der Waals surface area contributed by atoms with Gasteiger partial charge in [0.25, 0.3) is 5.91 Å². The van der Waals surface area contributed by atoms with Crippen LogP contribution in [0.2, 0.25) is 5.02 Å². The predicted octanol–water partition coefficient (Wildman–Crippen LogP) is 2.38. The first kappa shape index (κ1) is 15.4. The van der Waals surface area contributed by atoms with E-state index in [1.807, 2.05) is 16.7 Å². The molecule has 0 aromatic carbocycles. The van der Waals surface area contributed by atoms with Crippen molar-refractivity contribution in [2.75, 3.05) is 24.3 Å². The van der Waals surface area contributed by atoms with Crippen LogP contribution >= 0.6 is 23.4 Å². The summed E-state index contributed by atoms with van der Waals surface area (Å²) in [4.78, 5) is 18.5. The number of anilines is 1. The van der Waals surface area contributed by atoms with Crippen LogP contribution in [0.25, 0.3) is 0 Å². The summed E-state index contributed by atoms with van der Waals surface area (Å²) in [5, 5.41) is 0.352. The molecule has 20 heavy (non-hydrogen) atoms. The molecule has 0 unspecified atom stereocenters. The van der Waals surface area contributed by atoms with Gasteiger partial charge >= 0.3 is 0 Å². The Balaban J connectivity index is 2.18. The number of amides is 1. The molecule has 0 bridgehead atoms. The summed E-state index contributed by atoms with van der Waals surface area (Å²) >= 11 is 7.97. The van der Waals surface area contributed by atoms with E-state index in [0.29, 0.717) is 17.4 Å². The van der Waals surface area contributed by atoms with Crippen molar-refractivity contribution < 1.29 is 4.79 Å². The summed E-state index contributed by atoms with van der Waals surface area (Å²) in [5.41, 5.74) is 2.69. The molecule has 1 aromatic rings. The molecule has 2 rings (SSSR count). The summed E-state index contributed by atoms with van der Waals surface area (Å²) in [6, 6.07) is 3.27. The van der Waals surface area contributed by atoms with Gasteiger partial charge < -0.3 is 10.3 Å². The van der Waals surface area contributed by atoms with Crippen LogP contribution in [0, 0.1) is 0 Å². The van der Waals surface area contributed by atoms with Crippen molar-refractivity contribution in [3.05, 3.63) is 22.8 Å². The number of nitrogens with zero attached hydrogens (tertiary/aromatic N) is 2. The van der Waals surface area contributed by atoms with Crippen molar-refractivity contribution in [1.29, 1.82) is 0 Å². The topological polar surface area (TPSA) is 71.2 Å². The third-order valence-electron chi connectivity index (χ3n) is 3.32. The number of carbonyl (C=O) groups is 1. The minimum atomic E-state index is -0.134. The van der Waals surface area contributed by atoms with Gasteiger partial charge in [0.2, 0.25) is 0 Å². The van der Waals surface area contributed by atoms with E-state index in [1.165, 1.54) is 0 Å². The third kappa shape index (κ3) is 3.56. The second-order valence-corrected chi connectivity index (χ2v) is 7.53. The van der Waals surface area contributed by atoms with Gasteiger partial charge in [-0.25, -0.2) is 10.8 Å². The van der Waals surface area contributed by atoms with Crippen molar-refractivity contribution in [1.82, 2.24) is 9.88 Å². The number of nitrogens with one attached hydrogen (secondary N) is 1. The lowest BCUT2D eigenvalue weighted by Crippen LogP contribution is -2.34. The number of aromatic nitrogens is 1. The van der Waals surface area contributed by atoms with E-state index in [0.717, 1.165) is 18.7 Å². The first-order valence-electron chi connectivity index (χ1n) is 6.49. The van der Waals surface area contributed by atoms with Gasteiger partial charge in [-0.15, -0.1) is 0 Å². The number of carbonyl (C=O) groups excluding carboxylic acids is 1. The van der Waals surface area contributed by atoms with E-state index in [4.69, 9.17) is 17.4 Å². The van der Waals surface area contributed by atoms with Crippen LogP contribution in [-0.2, 0) is 0 Å². The Morgan fingerprint density at radius 2 is 2.25 bits per heavy atom. The fraction of sp³-hybridized carbons (Fsp3) is 0.538. The normalized spacial score (nSPS) is 18.5. The summed E-state index contributed by atoms with van der Waals surface area (Å²) in [6.07, 6.45) is 0.954. The number of nitrogen functional groups attached to an aromatic ring is 1. The van der Waals surface area contributed by atoms with E-state index in [9.17, 15) is 4.79 Å². The lowest BCUT2D eigenvalue weighted by molar-refractivity contribution is 0.0759. The first-order valence-corrected chi connectivity index (χ1v) is 7.86. The quantitative estimate of drug-likeness (QED) is 0.648. The van der Waals surface area contributed by atoms with Gasteiger partial charge in [-0.3, -0.25) is 4.79 Å². The van der Waals surface area contributed by atoms with E-state index in [2.05, 4.69) is 24.3 Å². The van der Waals surface area contributed by atoms with Gasteiger partial charge in [-0.2, -0.15) is 11.8 Å². The molecule has 7 heteroatoms. The van der Waals surface area contributed by atoms with E-state index < -0.39 is 0 Å². The molecule has 1 amide bonds. The minimum absolute atomic E-state index is 0.134. The molecule has 2 heterocycles. The lowest BCUT2D eigenvalue weighted by Gasteiger charge is -2.22. The number of nitrogens with two attached hydrogens (primary N) is 1. The fourth-order valence-electron chi connectivity index (χ4n) is 2.05. The van der Waals surface area contributed by atoms with Crippen LogP contribution in [0.4, 0.5) is 5.82 Å². The smallest absolute Gasteiger partial charge is 0.274 e. The van der Waals surface area contributed by atoms with Gasteiger partial charge in [-0.05, 0) is 18.6 Å². The highest BCUT2D eigenvalue weighted by Crippen LogP contribution is 2.31. The summed E-state index contributed by atoms with van der Waals surface area (Å²) in [7, 11) is 0. The minimum Gasteiger partial charge on any atom is -0.336 e. The average molecular weight is 315 g/mol. The van der Waals surface area contributed by atoms with E-state index in [1.54, 1.807) is 12.1 Å². The highest BCUT2D eigenvalue weighted by Gasteiger charge is 2.27. The van der Waals surface area contributed by atoms with Gasteiger partial charge in [0.15, 0.2) is 0 Å². The number of pyridine rings is 1. The molecule has 5 nitrogen and oxygen atoms in total. The molecule has 1 aliphatic rings. The molecule has 1 fully saturated rings. The molecule has 0 saturated carbocycles. The van der Waals surface area contributed by atoms with Crippen LogP contribution < -0.4 is 11.3 Å². The number of hydrazine groups is 1. The van der Waals surface area contributed by atoms with Gasteiger partial charge in [0.05, 0.1) is 5.02 Å². The van der Waals surface area contributed by atoms with Gasteiger partial charge in [-0.1, -0.05) is 25.4 Å². The molecule has 3 N–H and O–H groups in total. The summed E-state index contributed by atoms with van der Waals surface area (Å²) in [6.45, 7) is 5.84. The maximum Gasteiger partial charge on any atom is 0.274 e. The first-order chi connectivity index (χ1) is 9.43. The maximum atomic E-state index is 12.6. The Labute approximate surface area is 128 Å². The number of thioether (sulfide) groups is 1. The lowest BCUT2D eigenvalue weighted by atomic mass is 10.1. The molecule has 0 atom stereocenters. The average Bonchev–Trinajstić information content (AvgIpc) is 2.59. The molecule has 110 valence electrons. The summed E-state index contributed by atoms with van der Waals surface area (Å²) in [5.74, 6) is 6.54. The number of rotatable bonds is 2. The molecular weight excluding hydrogens is 296 g/mol.